The molecule has 3 heteroatoms. The van der Waals surface area contributed by atoms with Gasteiger partial charge in [0.05, 0.1) is 12.7 Å². The second-order valence-corrected chi connectivity index (χ2v) is 5.74. The highest BCUT2D eigenvalue weighted by Crippen LogP contribution is 2.20. The molecule has 0 aliphatic carbocycles. The Kier molecular flexibility index (Phi) is 4.97. The molecule has 2 N–H and O–H groups in total. The largest absolute Gasteiger partial charge is 0.376 e. The minimum Gasteiger partial charge on any atom is -0.376 e. The molecule has 1 aliphatic rings. The van der Waals surface area contributed by atoms with Crippen LogP contribution in [0.15, 0.2) is 24.3 Å². The van der Waals surface area contributed by atoms with Crippen molar-refractivity contribution in [2.45, 2.75) is 45.4 Å². The molecular formula is C16H26N2O. The Balaban J connectivity index is 1.89. The van der Waals surface area contributed by atoms with Gasteiger partial charge in [-0.3, -0.25) is 4.90 Å². The molecule has 1 aromatic rings. The molecule has 1 fully saturated rings. The Morgan fingerprint density at radius 1 is 1.37 bits per heavy atom. The van der Waals surface area contributed by atoms with Crippen molar-refractivity contribution in [2.75, 3.05) is 19.7 Å². The lowest BCUT2D eigenvalue weighted by molar-refractivity contribution is -0.0499. The highest BCUT2D eigenvalue weighted by Gasteiger charge is 2.23. The van der Waals surface area contributed by atoms with Crippen LogP contribution in [0.25, 0.3) is 0 Å². The number of nitrogens with zero attached hydrogens (tertiary/aromatic N) is 1. The molecule has 3 nitrogen and oxygen atoms in total. The molecule has 0 amide bonds. The second kappa shape index (κ2) is 6.51. The number of ether oxygens (including phenoxy) is 1. The summed E-state index contributed by atoms with van der Waals surface area (Å²) >= 11 is 0. The lowest BCUT2D eigenvalue weighted by atomic mass is 9.99. The molecule has 0 spiro atoms. The van der Waals surface area contributed by atoms with Gasteiger partial charge in [0.15, 0.2) is 0 Å². The number of nitrogens with two attached hydrogens (primary N) is 1. The van der Waals surface area contributed by atoms with E-state index >= 15 is 0 Å². The van der Waals surface area contributed by atoms with Crippen molar-refractivity contribution >= 4 is 0 Å². The van der Waals surface area contributed by atoms with E-state index in [1.165, 1.54) is 11.1 Å². The van der Waals surface area contributed by atoms with Crippen LogP contribution in [-0.4, -0.2) is 36.7 Å². The van der Waals surface area contributed by atoms with Crippen molar-refractivity contribution in [3.8, 4) is 0 Å². The van der Waals surface area contributed by atoms with Gasteiger partial charge in [-0.2, -0.15) is 0 Å². The van der Waals surface area contributed by atoms with Gasteiger partial charge in [-0.25, -0.2) is 0 Å². The molecule has 0 saturated carbocycles. The third-order valence-corrected chi connectivity index (χ3v) is 4.05. The Hall–Kier alpha value is -0.900. The van der Waals surface area contributed by atoms with E-state index < -0.39 is 0 Å². The van der Waals surface area contributed by atoms with Gasteiger partial charge in [-0.15, -0.1) is 0 Å². The number of morpholine rings is 1. The van der Waals surface area contributed by atoms with Gasteiger partial charge in [0.1, 0.15) is 0 Å². The van der Waals surface area contributed by atoms with Gasteiger partial charge in [0.2, 0.25) is 0 Å². The first-order valence-corrected chi connectivity index (χ1v) is 7.24. The Morgan fingerprint density at radius 3 is 2.84 bits per heavy atom. The van der Waals surface area contributed by atoms with Crippen LogP contribution in [0.4, 0.5) is 0 Å². The van der Waals surface area contributed by atoms with Crippen LogP contribution in [-0.2, 0) is 4.74 Å². The van der Waals surface area contributed by atoms with Gasteiger partial charge in [0, 0.05) is 25.2 Å². The fourth-order valence-corrected chi connectivity index (χ4v) is 2.75. The van der Waals surface area contributed by atoms with Crippen LogP contribution in [0.3, 0.4) is 0 Å². The average molecular weight is 262 g/mol. The lowest BCUT2D eigenvalue weighted by Crippen LogP contribution is -2.47. The van der Waals surface area contributed by atoms with Crippen LogP contribution in [0.2, 0.25) is 0 Å². The van der Waals surface area contributed by atoms with Crippen LogP contribution in [0.5, 0.6) is 0 Å². The quantitative estimate of drug-likeness (QED) is 0.906. The number of aryl methyl sites for hydroxylation is 1. The average Bonchev–Trinajstić information content (AvgIpc) is 2.40. The van der Waals surface area contributed by atoms with Crippen LogP contribution >= 0.6 is 0 Å². The highest BCUT2D eigenvalue weighted by atomic mass is 16.5. The molecule has 106 valence electrons. The van der Waals surface area contributed by atoms with Gasteiger partial charge in [-0.1, -0.05) is 24.3 Å². The molecule has 0 aromatic heterocycles. The molecule has 0 radical (unpaired) electrons. The fraction of sp³-hybridized carbons (Fsp3) is 0.625. The first-order valence-electron chi connectivity index (χ1n) is 7.24. The van der Waals surface area contributed by atoms with E-state index in [1.54, 1.807) is 0 Å². The van der Waals surface area contributed by atoms with E-state index in [4.69, 9.17) is 10.5 Å². The molecule has 3 atom stereocenters. The summed E-state index contributed by atoms with van der Waals surface area (Å²) in [5, 5.41) is 0. The number of benzene rings is 1. The molecule has 1 aromatic carbocycles. The van der Waals surface area contributed by atoms with Crippen molar-refractivity contribution in [2.24, 2.45) is 5.73 Å². The molecule has 3 unspecified atom stereocenters. The smallest absolute Gasteiger partial charge is 0.0674 e. The topological polar surface area (TPSA) is 38.5 Å². The predicted molar refractivity (Wildman–Crippen MR) is 79.2 cm³/mol. The van der Waals surface area contributed by atoms with Gasteiger partial charge < -0.3 is 10.5 Å². The monoisotopic (exact) mass is 262 g/mol. The summed E-state index contributed by atoms with van der Waals surface area (Å²) in [7, 11) is 0. The van der Waals surface area contributed by atoms with Crippen LogP contribution in [0.1, 0.15) is 37.4 Å². The Bertz CT molecular complexity index is 407. The first-order chi connectivity index (χ1) is 9.08. The van der Waals surface area contributed by atoms with Gasteiger partial charge in [0.25, 0.3) is 0 Å². The normalized spacial score (nSPS) is 26.3. The summed E-state index contributed by atoms with van der Waals surface area (Å²) in [6.07, 6.45) is 1.34. The van der Waals surface area contributed by atoms with Gasteiger partial charge >= 0.3 is 0 Å². The van der Waals surface area contributed by atoms with E-state index in [2.05, 4.69) is 49.9 Å². The van der Waals surface area contributed by atoms with Crippen molar-refractivity contribution in [1.82, 2.24) is 4.90 Å². The first kappa shape index (κ1) is 14.5. The number of hydrogen-bond acceptors (Lipinski definition) is 3. The predicted octanol–water partition coefficient (Wildman–Crippen LogP) is 2.49. The van der Waals surface area contributed by atoms with Crippen molar-refractivity contribution in [1.29, 1.82) is 0 Å². The summed E-state index contributed by atoms with van der Waals surface area (Å²) in [5.74, 6) is 0. The van der Waals surface area contributed by atoms with Crippen molar-refractivity contribution in [3.63, 3.8) is 0 Å². The van der Waals surface area contributed by atoms with Crippen LogP contribution < -0.4 is 5.73 Å². The SMILES string of the molecule is Cc1ccccc1C(N)CCN1CC(C)OCC1C. The molecule has 0 bridgehead atoms. The molecular weight excluding hydrogens is 236 g/mol. The zero-order valence-corrected chi connectivity index (χ0v) is 12.3. The zero-order chi connectivity index (χ0) is 13.8. The maximum absolute atomic E-state index is 6.34. The summed E-state index contributed by atoms with van der Waals surface area (Å²) in [6.45, 7) is 9.40. The highest BCUT2D eigenvalue weighted by molar-refractivity contribution is 5.28. The van der Waals surface area contributed by atoms with E-state index in [9.17, 15) is 0 Å². The van der Waals surface area contributed by atoms with Crippen molar-refractivity contribution in [3.05, 3.63) is 35.4 Å². The molecule has 1 aliphatic heterocycles. The van der Waals surface area contributed by atoms with E-state index in [0.29, 0.717) is 12.1 Å². The van der Waals surface area contributed by atoms with E-state index in [1.807, 2.05) is 0 Å². The lowest BCUT2D eigenvalue weighted by Gasteiger charge is -2.37. The molecule has 1 heterocycles. The zero-order valence-electron chi connectivity index (χ0n) is 12.3. The summed E-state index contributed by atoms with van der Waals surface area (Å²) in [5.41, 5.74) is 8.90. The standard InChI is InChI=1S/C16H26N2O/c1-12-6-4-5-7-15(12)16(17)8-9-18-10-14(3)19-11-13(18)2/h4-7,13-14,16H,8-11,17H2,1-3H3. The third-order valence-electron chi connectivity index (χ3n) is 4.05. The van der Waals surface area contributed by atoms with Crippen molar-refractivity contribution < 1.29 is 4.74 Å². The Morgan fingerprint density at radius 2 is 2.11 bits per heavy atom. The number of rotatable bonds is 4. The molecule has 2 rings (SSSR count). The van der Waals surface area contributed by atoms with Crippen LogP contribution in [0, 0.1) is 6.92 Å². The summed E-state index contributed by atoms with van der Waals surface area (Å²) in [4.78, 5) is 2.49. The summed E-state index contributed by atoms with van der Waals surface area (Å²) < 4.78 is 5.66. The maximum Gasteiger partial charge on any atom is 0.0674 e. The molecule has 19 heavy (non-hydrogen) atoms. The summed E-state index contributed by atoms with van der Waals surface area (Å²) in [6, 6.07) is 9.05. The minimum atomic E-state index is 0.131. The van der Waals surface area contributed by atoms with Gasteiger partial charge in [-0.05, 0) is 38.3 Å². The minimum absolute atomic E-state index is 0.131. The molecule has 1 saturated heterocycles. The Labute approximate surface area is 116 Å². The van der Waals surface area contributed by atoms with E-state index in [-0.39, 0.29) is 6.04 Å². The second-order valence-electron chi connectivity index (χ2n) is 5.74. The third kappa shape index (κ3) is 3.78. The number of hydrogen-bond donors (Lipinski definition) is 1. The maximum atomic E-state index is 6.34. The van der Waals surface area contributed by atoms with E-state index in [0.717, 1.165) is 26.1 Å². The fourth-order valence-electron chi connectivity index (χ4n) is 2.75.